The number of amides is 1. The third kappa shape index (κ3) is 4.85. The van der Waals surface area contributed by atoms with Crippen molar-refractivity contribution in [2.24, 2.45) is 0 Å². The number of likely N-dealkylation sites (N-methyl/N-ethyl adjacent to an activating group) is 1. The van der Waals surface area contributed by atoms with Crippen LogP contribution in [-0.4, -0.2) is 44.7 Å². The van der Waals surface area contributed by atoms with E-state index in [2.05, 4.69) is 23.7 Å². The lowest BCUT2D eigenvalue weighted by Gasteiger charge is -2.23. The third-order valence-corrected chi connectivity index (χ3v) is 3.68. The van der Waals surface area contributed by atoms with Crippen LogP contribution < -0.4 is 5.32 Å². The van der Waals surface area contributed by atoms with Crippen molar-refractivity contribution in [1.82, 2.24) is 10.2 Å². The molecule has 5 heteroatoms. The third-order valence-electron chi connectivity index (χ3n) is 2.64. The molecule has 0 saturated heterocycles. The van der Waals surface area contributed by atoms with E-state index in [1.54, 1.807) is 18.4 Å². The van der Waals surface area contributed by atoms with Gasteiger partial charge in [0, 0.05) is 24.6 Å². The van der Waals surface area contributed by atoms with Crippen LogP contribution in [0.1, 0.15) is 17.8 Å². The fourth-order valence-corrected chi connectivity index (χ4v) is 2.31. The van der Waals surface area contributed by atoms with E-state index in [9.17, 15) is 4.79 Å². The maximum absolute atomic E-state index is 11.6. The summed E-state index contributed by atoms with van der Waals surface area (Å²) in [5.41, 5.74) is 0. The van der Waals surface area contributed by atoms with Gasteiger partial charge in [0.15, 0.2) is 0 Å². The van der Waals surface area contributed by atoms with E-state index < -0.39 is 0 Å². The molecule has 17 heavy (non-hydrogen) atoms. The molecule has 1 amide bonds. The van der Waals surface area contributed by atoms with Crippen LogP contribution in [0, 0.1) is 0 Å². The van der Waals surface area contributed by atoms with Crippen LogP contribution in [-0.2, 0) is 9.53 Å². The summed E-state index contributed by atoms with van der Waals surface area (Å²) in [6, 6.07) is 4.39. The first-order valence-electron chi connectivity index (χ1n) is 5.64. The molecular weight excluding hydrogens is 236 g/mol. The lowest BCUT2D eigenvalue weighted by Crippen LogP contribution is -2.37. The fraction of sp³-hybridized carbons (Fsp3) is 0.583. The molecular formula is C12H20N2O2S. The molecule has 1 N–H and O–H groups in total. The zero-order valence-electron chi connectivity index (χ0n) is 10.6. The van der Waals surface area contributed by atoms with E-state index >= 15 is 0 Å². The molecule has 0 aromatic carbocycles. The topological polar surface area (TPSA) is 41.6 Å². The van der Waals surface area contributed by atoms with Crippen LogP contribution in [0.3, 0.4) is 0 Å². The summed E-state index contributed by atoms with van der Waals surface area (Å²) in [5, 5.41) is 4.87. The zero-order chi connectivity index (χ0) is 12.7. The van der Waals surface area contributed by atoms with Gasteiger partial charge in [-0.1, -0.05) is 6.07 Å². The highest BCUT2D eigenvalue weighted by Crippen LogP contribution is 2.22. The Labute approximate surface area is 107 Å². The lowest BCUT2D eigenvalue weighted by atomic mass is 10.2. The summed E-state index contributed by atoms with van der Waals surface area (Å²) in [6.45, 7) is 3.63. The molecule has 0 aliphatic rings. The van der Waals surface area contributed by atoms with Crippen molar-refractivity contribution in [2.45, 2.75) is 13.0 Å². The Morgan fingerprint density at radius 2 is 2.41 bits per heavy atom. The largest absolute Gasteiger partial charge is 0.383 e. The number of thiophene rings is 1. The smallest absolute Gasteiger partial charge is 0.234 e. The molecule has 0 unspecified atom stereocenters. The second-order valence-electron chi connectivity index (χ2n) is 3.95. The molecule has 1 aromatic heterocycles. The summed E-state index contributed by atoms with van der Waals surface area (Å²) in [7, 11) is 3.58. The number of methoxy groups -OCH3 is 1. The van der Waals surface area contributed by atoms with Gasteiger partial charge >= 0.3 is 0 Å². The summed E-state index contributed by atoms with van der Waals surface area (Å²) in [5.74, 6) is 0.0351. The number of nitrogens with zero attached hydrogens (tertiary/aromatic N) is 1. The summed E-state index contributed by atoms with van der Waals surface area (Å²) < 4.78 is 4.88. The van der Waals surface area contributed by atoms with E-state index in [-0.39, 0.29) is 11.9 Å². The minimum atomic E-state index is 0.0351. The first-order chi connectivity index (χ1) is 8.15. The molecule has 1 heterocycles. The molecule has 0 aliphatic carbocycles. The highest BCUT2D eigenvalue weighted by Gasteiger charge is 2.15. The predicted octanol–water partition coefficient (Wildman–Crippen LogP) is 1.50. The SMILES string of the molecule is COCCNC(=O)CN(C)[C@@H](C)c1cccs1. The number of nitrogens with one attached hydrogen (secondary N) is 1. The normalized spacial score (nSPS) is 12.7. The van der Waals surface area contributed by atoms with Gasteiger partial charge in [-0.2, -0.15) is 0 Å². The molecule has 0 saturated carbocycles. The van der Waals surface area contributed by atoms with Crippen molar-refractivity contribution < 1.29 is 9.53 Å². The second kappa shape index (κ2) is 7.42. The molecule has 0 spiro atoms. The van der Waals surface area contributed by atoms with Gasteiger partial charge in [0.25, 0.3) is 0 Å². The minimum Gasteiger partial charge on any atom is -0.383 e. The molecule has 0 fully saturated rings. The quantitative estimate of drug-likeness (QED) is 0.752. The minimum absolute atomic E-state index is 0.0351. The summed E-state index contributed by atoms with van der Waals surface area (Å²) in [4.78, 5) is 14.9. The Morgan fingerprint density at radius 3 is 3.00 bits per heavy atom. The van der Waals surface area contributed by atoms with Crippen molar-refractivity contribution in [3.05, 3.63) is 22.4 Å². The zero-order valence-corrected chi connectivity index (χ0v) is 11.4. The average molecular weight is 256 g/mol. The van der Waals surface area contributed by atoms with Crippen LogP contribution >= 0.6 is 11.3 Å². The number of hydrogen-bond acceptors (Lipinski definition) is 4. The Kier molecular flexibility index (Phi) is 6.18. The molecule has 1 aromatic rings. The van der Waals surface area contributed by atoms with Gasteiger partial charge in [0.2, 0.25) is 5.91 Å². The van der Waals surface area contributed by atoms with Crippen molar-refractivity contribution in [3.8, 4) is 0 Å². The molecule has 4 nitrogen and oxygen atoms in total. The number of ether oxygens (including phenoxy) is 1. The van der Waals surface area contributed by atoms with E-state index in [0.29, 0.717) is 19.7 Å². The van der Waals surface area contributed by atoms with Gasteiger partial charge in [-0.05, 0) is 25.4 Å². The second-order valence-corrected chi connectivity index (χ2v) is 4.93. The Morgan fingerprint density at radius 1 is 1.65 bits per heavy atom. The molecule has 1 rings (SSSR count). The van der Waals surface area contributed by atoms with E-state index in [1.807, 2.05) is 18.0 Å². The van der Waals surface area contributed by atoms with Gasteiger partial charge in [-0.15, -0.1) is 11.3 Å². The van der Waals surface area contributed by atoms with Crippen LogP contribution in [0.25, 0.3) is 0 Å². The van der Waals surface area contributed by atoms with E-state index in [0.717, 1.165) is 0 Å². The molecule has 0 radical (unpaired) electrons. The lowest BCUT2D eigenvalue weighted by molar-refractivity contribution is -0.122. The summed E-state index contributed by atoms with van der Waals surface area (Å²) >= 11 is 1.71. The number of hydrogen-bond donors (Lipinski definition) is 1. The van der Waals surface area contributed by atoms with Crippen molar-refractivity contribution >= 4 is 17.2 Å². The van der Waals surface area contributed by atoms with Crippen LogP contribution in [0.2, 0.25) is 0 Å². The van der Waals surface area contributed by atoms with Crippen LogP contribution in [0.15, 0.2) is 17.5 Å². The van der Waals surface area contributed by atoms with Crippen molar-refractivity contribution in [2.75, 3.05) is 33.9 Å². The number of carbonyl (C=O) groups excluding carboxylic acids is 1. The average Bonchev–Trinajstić information content (AvgIpc) is 2.81. The number of carbonyl (C=O) groups is 1. The maximum Gasteiger partial charge on any atom is 0.234 e. The van der Waals surface area contributed by atoms with Gasteiger partial charge in [0.1, 0.15) is 0 Å². The van der Waals surface area contributed by atoms with E-state index in [1.165, 1.54) is 4.88 Å². The predicted molar refractivity (Wildman–Crippen MR) is 70.2 cm³/mol. The molecule has 0 aliphatic heterocycles. The maximum atomic E-state index is 11.6. The highest BCUT2D eigenvalue weighted by atomic mass is 32.1. The number of rotatable bonds is 7. The van der Waals surface area contributed by atoms with Crippen molar-refractivity contribution in [1.29, 1.82) is 0 Å². The van der Waals surface area contributed by atoms with Crippen molar-refractivity contribution in [3.63, 3.8) is 0 Å². The fourth-order valence-electron chi connectivity index (χ4n) is 1.46. The summed E-state index contributed by atoms with van der Waals surface area (Å²) in [6.07, 6.45) is 0. The standard InChI is InChI=1S/C12H20N2O2S/c1-10(11-5-4-8-17-11)14(2)9-12(15)13-6-7-16-3/h4-5,8,10H,6-7,9H2,1-3H3,(H,13,15)/t10-/m0/s1. The van der Waals surface area contributed by atoms with Gasteiger partial charge in [0.05, 0.1) is 13.2 Å². The molecule has 1 atom stereocenters. The van der Waals surface area contributed by atoms with Gasteiger partial charge in [-0.3, -0.25) is 9.69 Å². The Balaban J connectivity index is 2.33. The molecule has 0 bridgehead atoms. The van der Waals surface area contributed by atoms with E-state index in [4.69, 9.17) is 4.74 Å². The van der Waals surface area contributed by atoms with Gasteiger partial charge < -0.3 is 10.1 Å². The van der Waals surface area contributed by atoms with Gasteiger partial charge in [-0.25, -0.2) is 0 Å². The Hall–Kier alpha value is -0.910. The van der Waals surface area contributed by atoms with Crippen LogP contribution in [0.5, 0.6) is 0 Å². The first-order valence-corrected chi connectivity index (χ1v) is 6.52. The highest BCUT2D eigenvalue weighted by molar-refractivity contribution is 7.10. The first kappa shape index (κ1) is 14.2. The Bertz CT molecular complexity index is 327. The molecule has 96 valence electrons. The van der Waals surface area contributed by atoms with Crippen LogP contribution in [0.4, 0.5) is 0 Å². The monoisotopic (exact) mass is 256 g/mol.